The van der Waals surface area contributed by atoms with Crippen molar-refractivity contribution in [3.05, 3.63) is 28.6 Å². The standard InChI is InChI=1S/C21H25N3OS/c1-13-19(23-21(26-13)22-17-4-2-3-5-17)16-8-9-18-15(12-16)10-11-24(18)20(25)14-6-7-14/h8-9,12,14,17H,2-7,10-11H2,1H3,(H,22,23). The Morgan fingerprint density at radius 2 is 2.04 bits per heavy atom. The maximum absolute atomic E-state index is 12.5. The maximum Gasteiger partial charge on any atom is 0.230 e. The van der Waals surface area contributed by atoms with E-state index in [1.807, 2.05) is 4.90 Å². The van der Waals surface area contributed by atoms with Gasteiger partial charge in [-0.25, -0.2) is 4.98 Å². The number of fused-ring (bicyclic) bond motifs is 1. The Morgan fingerprint density at radius 1 is 1.23 bits per heavy atom. The Hall–Kier alpha value is -1.88. The topological polar surface area (TPSA) is 45.2 Å². The minimum Gasteiger partial charge on any atom is -0.359 e. The fourth-order valence-corrected chi connectivity index (χ4v) is 5.21. The summed E-state index contributed by atoms with van der Waals surface area (Å²) < 4.78 is 0. The van der Waals surface area contributed by atoms with E-state index in [0.717, 1.165) is 42.3 Å². The summed E-state index contributed by atoms with van der Waals surface area (Å²) in [6.45, 7) is 2.99. The lowest BCUT2D eigenvalue weighted by Crippen LogP contribution is -2.30. The third-order valence-electron chi connectivity index (χ3n) is 5.92. The van der Waals surface area contributed by atoms with Gasteiger partial charge in [0.15, 0.2) is 5.13 Å². The van der Waals surface area contributed by atoms with Crippen molar-refractivity contribution in [2.75, 3.05) is 16.8 Å². The quantitative estimate of drug-likeness (QED) is 0.846. The van der Waals surface area contributed by atoms with Gasteiger partial charge in [0.1, 0.15) is 0 Å². The maximum atomic E-state index is 12.5. The number of aromatic nitrogens is 1. The first-order valence-corrected chi connectivity index (χ1v) is 10.7. The number of carbonyl (C=O) groups is 1. The number of amides is 1. The first-order chi connectivity index (χ1) is 12.7. The molecule has 136 valence electrons. The first-order valence-electron chi connectivity index (χ1n) is 9.87. The third-order valence-corrected chi connectivity index (χ3v) is 6.82. The van der Waals surface area contributed by atoms with Gasteiger partial charge < -0.3 is 10.2 Å². The molecule has 26 heavy (non-hydrogen) atoms. The van der Waals surface area contributed by atoms with Crippen LogP contribution in [-0.4, -0.2) is 23.5 Å². The zero-order valence-corrected chi connectivity index (χ0v) is 16.1. The van der Waals surface area contributed by atoms with Gasteiger partial charge in [-0.3, -0.25) is 4.79 Å². The van der Waals surface area contributed by atoms with E-state index < -0.39 is 0 Å². The van der Waals surface area contributed by atoms with E-state index >= 15 is 0 Å². The van der Waals surface area contributed by atoms with E-state index in [2.05, 4.69) is 30.4 Å². The lowest BCUT2D eigenvalue weighted by Gasteiger charge is -2.17. The van der Waals surface area contributed by atoms with Crippen molar-refractivity contribution in [2.24, 2.45) is 5.92 Å². The molecule has 0 saturated heterocycles. The summed E-state index contributed by atoms with van der Waals surface area (Å²) >= 11 is 1.76. The van der Waals surface area contributed by atoms with Gasteiger partial charge in [-0.1, -0.05) is 18.9 Å². The number of nitrogens with one attached hydrogen (secondary N) is 1. The van der Waals surface area contributed by atoms with Gasteiger partial charge in [0, 0.05) is 34.6 Å². The number of anilines is 2. The van der Waals surface area contributed by atoms with Crippen molar-refractivity contribution in [1.82, 2.24) is 4.98 Å². The molecule has 0 radical (unpaired) electrons. The van der Waals surface area contributed by atoms with Crippen molar-refractivity contribution in [2.45, 2.75) is 57.9 Å². The number of carbonyl (C=O) groups excluding carboxylic acids is 1. The Labute approximate surface area is 158 Å². The minimum absolute atomic E-state index is 0.283. The second-order valence-electron chi connectivity index (χ2n) is 7.91. The summed E-state index contributed by atoms with van der Waals surface area (Å²) in [5.74, 6) is 0.606. The van der Waals surface area contributed by atoms with Crippen LogP contribution >= 0.6 is 11.3 Å². The molecular formula is C21H25N3OS. The van der Waals surface area contributed by atoms with Crippen molar-refractivity contribution in [3.63, 3.8) is 0 Å². The summed E-state index contributed by atoms with van der Waals surface area (Å²) in [5.41, 5.74) is 4.67. The lowest BCUT2D eigenvalue weighted by atomic mass is 10.1. The molecule has 2 heterocycles. The Kier molecular flexibility index (Phi) is 4.00. The molecular weight excluding hydrogens is 342 g/mol. The van der Waals surface area contributed by atoms with Gasteiger partial charge >= 0.3 is 0 Å². The molecule has 1 aromatic heterocycles. The zero-order valence-electron chi connectivity index (χ0n) is 15.3. The van der Waals surface area contributed by atoms with Crippen LogP contribution in [0, 0.1) is 12.8 Å². The number of benzene rings is 1. The van der Waals surface area contributed by atoms with Gasteiger partial charge in [0.2, 0.25) is 5.91 Å². The second kappa shape index (κ2) is 6.38. The van der Waals surface area contributed by atoms with E-state index in [9.17, 15) is 4.79 Å². The van der Waals surface area contributed by atoms with Crippen LogP contribution in [-0.2, 0) is 11.2 Å². The second-order valence-corrected chi connectivity index (χ2v) is 9.11. The summed E-state index contributed by atoms with van der Waals surface area (Å²) in [6, 6.07) is 7.10. The Bertz CT molecular complexity index is 849. The average molecular weight is 368 g/mol. The molecule has 2 saturated carbocycles. The highest BCUT2D eigenvalue weighted by atomic mass is 32.1. The average Bonchev–Trinajstić information content (AvgIpc) is 3.02. The summed E-state index contributed by atoms with van der Waals surface area (Å²) in [4.78, 5) is 20.6. The van der Waals surface area contributed by atoms with Crippen LogP contribution in [0.2, 0.25) is 0 Å². The largest absolute Gasteiger partial charge is 0.359 e. The molecule has 0 unspecified atom stereocenters. The highest BCUT2D eigenvalue weighted by Crippen LogP contribution is 2.39. The van der Waals surface area contributed by atoms with Crippen molar-refractivity contribution in [3.8, 4) is 11.3 Å². The van der Waals surface area contributed by atoms with Crippen LogP contribution in [0.4, 0.5) is 10.8 Å². The van der Waals surface area contributed by atoms with E-state index in [1.165, 1.54) is 41.7 Å². The van der Waals surface area contributed by atoms with Crippen LogP contribution in [0.5, 0.6) is 0 Å². The summed E-state index contributed by atoms with van der Waals surface area (Å²) in [5, 5.41) is 4.67. The minimum atomic E-state index is 0.283. The predicted octanol–water partition coefficient (Wildman–Crippen LogP) is 4.77. The van der Waals surface area contributed by atoms with Gasteiger partial charge in [-0.05, 0) is 56.7 Å². The highest BCUT2D eigenvalue weighted by Gasteiger charge is 2.36. The highest BCUT2D eigenvalue weighted by molar-refractivity contribution is 7.16. The van der Waals surface area contributed by atoms with E-state index in [4.69, 9.17) is 4.98 Å². The number of hydrogen-bond donors (Lipinski definition) is 1. The van der Waals surface area contributed by atoms with E-state index in [0.29, 0.717) is 11.9 Å². The molecule has 2 aromatic rings. The summed E-state index contributed by atoms with van der Waals surface area (Å²) in [6.07, 6.45) is 8.27. The molecule has 2 aliphatic carbocycles. The molecule has 1 aromatic carbocycles. The molecule has 0 bridgehead atoms. The number of rotatable bonds is 4. The van der Waals surface area contributed by atoms with Crippen LogP contribution in [0.15, 0.2) is 18.2 Å². The number of hydrogen-bond acceptors (Lipinski definition) is 4. The van der Waals surface area contributed by atoms with Crippen LogP contribution in [0.25, 0.3) is 11.3 Å². The lowest BCUT2D eigenvalue weighted by molar-refractivity contribution is -0.119. The third kappa shape index (κ3) is 2.92. The number of aryl methyl sites for hydroxylation is 1. The molecule has 4 nitrogen and oxygen atoms in total. The molecule has 0 spiro atoms. The molecule has 1 N–H and O–H groups in total. The Morgan fingerprint density at radius 3 is 2.81 bits per heavy atom. The zero-order chi connectivity index (χ0) is 17.7. The molecule has 1 aliphatic heterocycles. The summed E-state index contributed by atoms with van der Waals surface area (Å²) in [7, 11) is 0. The van der Waals surface area contributed by atoms with Crippen molar-refractivity contribution in [1.29, 1.82) is 0 Å². The molecule has 5 rings (SSSR count). The van der Waals surface area contributed by atoms with Crippen molar-refractivity contribution < 1.29 is 4.79 Å². The molecule has 1 amide bonds. The van der Waals surface area contributed by atoms with E-state index in [1.54, 1.807) is 11.3 Å². The smallest absolute Gasteiger partial charge is 0.230 e. The molecule has 0 atom stereocenters. The monoisotopic (exact) mass is 367 g/mol. The first kappa shape index (κ1) is 16.3. The van der Waals surface area contributed by atoms with E-state index in [-0.39, 0.29) is 5.92 Å². The molecule has 2 fully saturated rings. The molecule has 5 heteroatoms. The fourth-order valence-electron chi connectivity index (χ4n) is 4.30. The van der Waals surface area contributed by atoms with Gasteiger partial charge in [0.05, 0.1) is 5.69 Å². The van der Waals surface area contributed by atoms with Crippen molar-refractivity contribution >= 4 is 28.1 Å². The van der Waals surface area contributed by atoms with Crippen LogP contribution < -0.4 is 10.2 Å². The van der Waals surface area contributed by atoms with Gasteiger partial charge in [0.25, 0.3) is 0 Å². The predicted molar refractivity (Wildman–Crippen MR) is 107 cm³/mol. The van der Waals surface area contributed by atoms with Crippen LogP contribution in [0.1, 0.15) is 49.0 Å². The normalized spacial score (nSPS) is 19.8. The van der Waals surface area contributed by atoms with Crippen LogP contribution in [0.3, 0.4) is 0 Å². The fraction of sp³-hybridized carbons (Fsp3) is 0.524. The molecule has 3 aliphatic rings. The number of nitrogens with zero attached hydrogens (tertiary/aromatic N) is 2. The van der Waals surface area contributed by atoms with Gasteiger partial charge in [-0.15, -0.1) is 11.3 Å². The Balaban J connectivity index is 1.39. The SMILES string of the molecule is Cc1sc(NC2CCCC2)nc1-c1ccc2c(c1)CCN2C(=O)C1CC1. The number of thiazole rings is 1. The van der Waals surface area contributed by atoms with Gasteiger partial charge in [-0.2, -0.15) is 0 Å².